The third kappa shape index (κ3) is 5.49. The van der Waals surface area contributed by atoms with Crippen LogP contribution in [-0.4, -0.2) is 30.4 Å². The van der Waals surface area contributed by atoms with Gasteiger partial charge in [-0.2, -0.15) is 0 Å². The molecule has 4 rings (SSSR count). The maximum absolute atomic E-state index is 13.0. The van der Waals surface area contributed by atoms with Gasteiger partial charge in [-0.05, 0) is 92.6 Å². The first kappa shape index (κ1) is 27.1. The topological polar surface area (TPSA) is 102 Å². The normalized spacial score (nSPS) is 13.1. The van der Waals surface area contributed by atoms with Crippen LogP contribution in [0.25, 0.3) is 0 Å². The van der Waals surface area contributed by atoms with Crippen molar-refractivity contribution in [1.82, 2.24) is 0 Å². The summed E-state index contributed by atoms with van der Waals surface area (Å²) >= 11 is 9.63. The number of rotatable bonds is 7. The molecule has 0 atom stereocenters. The van der Waals surface area contributed by atoms with Crippen molar-refractivity contribution >= 4 is 62.7 Å². The number of hydrogen-bond acceptors (Lipinski definition) is 7. The zero-order valence-corrected chi connectivity index (χ0v) is 23.0. The summed E-state index contributed by atoms with van der Waals surface area (Å²) in [4.78, 5) is 51.3. The van der Waals surface area contributed by atoms with E-state index in [1.165, 1.54) is 36.4 Å². The second-order valence-corrected chi connectivity index (χ2v) is 9.66. The van der Waals surface area contributed by atoms with E-state index in [2.05, 4.69) is 21.2 Å². The van der Waals surface area contributed by atoms with Crippen LogP contribution in [0.4, 0.5) is 11.4 Å². The highest BCUT2D eigenvalue weighted by atomic mass is 79.9. The van der Waals surface area contributed by atoms with E-state index in [4.69, 9.17) is 21.1 Å². The molecule has 8 nitrogen and oxygen atoms in total. The lowest BCUT2D eigenvalue weighted by Gasteiger charge is -2.15. The number of amides is 2. The Morgan fingerprint density at radius 1 is 0.895 bits per heavy atom. The number of carbonyl (C=O) groups is 4. The van der Waals surface area contributed by atoms with Crippen LogP contribution in [0.1, 0.15) is 38.8 Å². The number of ether oxygens (including phenoxy) is 2. The Bertz CT molecular complexity index is 1460. The second kappa shape index (κ2) is 11.2. The van der Waals surface area contributed by atoms with Gasteiger partial charge in [0.1, 0.15) is 16.5 Å². The van der Waals surface area contributed by atoms with Gasteiger partial charge in [-0.1, -0.05) is 27.5 Å². The number of nitrogens with zero attached hydrogens (tertiary/aromatic N) is 1. The number of hydrogen-bond donors (Lipinski definition) is 1. The molecule has 0 unspecified atom stereocenters. The zero-order valence-electron chi connectivity index (χ0n) is 20.6. The molecule has 0 bridgehead atoms. The van der Waals surface area contributed by atoms with E-state index < -0.39 is 23.8 Å². The molecule has 0 saturated heterocycles. The third-order valence-electron chi connectivity index (χ3n) is 5.67. The van der Waals surface area contributed by atoms with Crippen LogP contribution in [0.3, 0.4) is 0 Å². The van der Waals surface area contributed by atoms with E-state index in [0.717, 1.165) is 20.5 Å². The quantitative estimate of drug-likeness (QED) is 0.206. The molecule has 1 aliphatic rings. The Morgan fingerprint density at radius 3 is 2.03 bits per heavy atom. The number of nitrogens with one attached hydrogen (secondary N) is 1. The van der Waals surface area contributed by atoms with Gasteiger partial charge in [0.05, 0.1) is 23.4 Å². The van der Waals surface area contributed by atoms with E-state index in [9.17, 15) is 19.2 Å². The van der Waals surface area contributed by atoms with Gasteiger partial charge in [0.15, 0.2) is 0 Å². The molecule has 38 heavy (non-hydrogen) atoms. The molecule has 3 aromatic rings. The largest absolute Gasteiger partial charge is 0.462 e. The van der Waals surface area contributed by atoms with Crippen molar-refractivity contribution in [3.05, 3.63) is 98.1 Å². The van der Waals surface area contributed by atoms with E-state index in [1.807, 2.05) is 26.0 Å². The number of halogens is 2. The Balaban J connectivity index is 1.47. The average Bonchev–Trinajstić information content (AvgIpc) is 3.09. The lowest BCUT2D eigenvalue weighted by atomic mass is 10.1. The first-order valence-corrected chi connectivity index (χ1v) is 12.7. The number of esters is 2. The minimum Gasteiger partial charge on any atom is -0.462 e. The molecule has 1 heterocycles. The first-order chi connectivity index (χ1) is 18.1. The number of carbonyl (C=O) groups excluding carboxylic acids is 4. The van der Waals surface area contributed by atoms with Gasteiger partial charge in [0.25, 0.3) is 11.8 Å². The number of aryl methyl sites for hydroxylation is 2. The van der Waals surface area contributed by atoms with Gasteiger partial charge < -0.3 is 14.8 Å². The van der Waals surface area contributed by atoms with Crippen LogP contribution in [0.2, 0.25) is 0 Å². The fourth-order valence-corrected chi connectivity index (χ4v) is 4.75. The molecule has 0 saturated carbocycles. The molecular weight excluding hydrogens is 576 g/mol. The highest BCUT2D eigenvalue weighted by molar-refractivity contribution is 9.10. The second-order valence-electron chi connectivity index (χ2n) is 8.36. The van der Waals surface area contributed by atoms with Crippen LogP contribution >= 0.6 is 27.5 Å². The molecule has 0 aliphatic carbocycles. The maximum Gasteiger partial charge on any atom is 0.343 e. The zero-order chi connectivity index (χ0) is 27.6. The van der Waals surface area contributed by atoms with Crippen LogP contribution in [0.15, 0.2) is 75.9 Å². The summed E-state index contributed by atoms with van der Waals surface area (Å²) in [7, 11) is 0. The number of imide groups is 1. The minimum atomic E-state index is -0.705. The van der Waals surface area contributed by atoms with Crippen LogP contribution < -0.4 is 15.0 Å². The Hall–Kier alpha value is -3.95. The molecule has 194 valence electrons. The summed E-state index contributed by atoms with van der Waals surface area (Å²) in [5.41, 5.74) is 2.79. The van der Waals surface area contributed by atoms with Crippen molar-refractivity contribution in [1.29, 1.82) is 0 Å². The molecular formula is C28H22BrClN2O6. The standard InChI is InChI=1S/C28H22BrClN2O6/c1-4-37-27(35)17-7-11-21(12-8-17)32-25(33)22(30)23(26(32)34)31-20-9-5-18(6-10-20)28(36)38-24-15(2)13-19(29)14-16(24)3/h5-14,31H,4H2,1-3H3. The first-order valence-electron chi connectivity index (χ1n) is 11.5. The molecule has 1 aliphatic heterocycles. The molecule has 0 fully saturated rings. The molecule has 0 radical (unpaired) electrons. The summed E-state index contributed by atoms with van der Waals surface area (Å²) in [6.07, 6.45) is 0. The van der Waals surface area contributed by atoms with Crippen molar-refractivity contribution in [3.63, 3.8) is 0 Å². The van der Waals surface area contributed by atoms with Gasteiger partial charge in [-0.15, -0.1) is 0 Å². The summed E-state index contributed by atoms with van der Waals surface area (Å²) in [6.45, 7) is 5.62. The fourth-order valence-electron chi connectivity index (χ4n) is 3.85. The molecule has 1 N–H and O–H groups in total. The maximum atomic E-state index is 13.0. The van der Waals surface area contributed by atoms with Gasteiger partial charge in [-0.3, -0.25) is 9.59 Å². The van der Waals surface area contributed by atoms with Gasteiger partial charge in [0.2, 0.25) is 0 Å². The fraction of sp³-hybridized carbons (Fsp3) is 0.143. The number of benzene rings is 3. The van der Waals surface area contributed by atoms with E-state index in [-0.39, 0.29) is 28.6 Å². The third-order valence-corrected chi connectivity index (χ3v) is 6.48. The Labute approximate surface area is 232 Å². The smallest absolute Gasteiger partial charge is 0.343 e. The molecule has 10 heteroatoms. The van der Waals surface area contributed by atoms with Crippen molar-refractivity contribution < 1.29 is 28.7 Å². The van der Waals surface area contributed by atoms with E-state index >= 15 is 0 Å². The van der Waals surface area contributed by atoms with Crippen molar-refractivity contribution in [2.45, 2.75) is 20.8 Å². The summed E-state index contributed by atoms with van der Waals surface area (Å²) < 4.78 is 11.4. The predicted molar refractivity (Wildman–Crippen MR) is 146 cm³/mol. The van der Waals surface area contributed by atoms with Gasteiger partial charge in [0, 0.05) is 10.2 Å². The summed E-state index contributed by atoms with van der Waals surface area (Å²) in [5, 5.41) is 2.58. The lowest BCUT2D eigenvalue weighted by molar-refractivity contribution is -0.120. The number of anilines is 2. The highest BCUT2D eigenvalue weighted by Crippen LogP contribution is 2.31. The van der Waals surface area contributed by atoms with Crippen LogP contribution in [-0.2, 0) is 14.3 Å². The Kier molecular flexibility index (Phi) is 7.99. The molecule has 2 amide bonds. The highest BCUT2D eigenvalue weighted by Gasteiger charge is 2.39. The van der Waals surface area contributed by atoms with Gasteiger partial charge in [-0.25, -0.2) is 14.5 Å². The summed E-state index contributed by atoms with van der Waals surface area (Å²) in [6, 6.07) is 15.8. The van der Waals surface area contributed by atoms with Crippen LogP contribution in [0.5, 0.6) is 5.75 Å². The monoisotopic (exact) mass is 596 g/mol. The minimum absolute atomic E-state index is 0.109. The average molecular weight is 598 g/mol. The SMILES string of the molecule is CCOC(=O)c1ccc(N2C(=O)C(Cl)=C(Nc3ccc(C(=O)Oc4c(C)cc(Br)cc4C)cc3)C2=O)cc1. The van der Waals surface area contributed by atoms with Crippen LogP contribution in [0, 0.1) is 13.8 Å². The van der Waals surface area contributed by atoms with Crippen molar-refractivity contribution in [2.75, 3.05) is 16.8 Å². The predicted octanol–water partition coefficient (Wildman–Crippen LogP) is 5.90. The Morgan fingerprint density at radius 2 is 1.45 bits per heavy atom. The molecule has 0 aromatic heterocycles. The van der Waals surface area contributed by atoms with Gasteiger partial charge >= 0.3 is 11.9 Å². The summed E-state index contributed by atoms with van der Waals surface area (Å²) in [5.74, 6) is -1.92. The lowest BCUT2D eigenvalue weighted by Crippen LogP contribution is -2.32. The van der Waals surface area contributed by atoms with Crippen molar-refractivity contribution in [2.24, 2.45) is 0 Å². The molecule has 0 spiro atoms. The van der Waals surface area contributed by atoms with E-state index in [1.54, 1.807) is 19.1 Å². The van der Waals surface area contributed by atoms with E-state index in [0.29, 0.717) is 17.0 Å². The van der Waals surface area contributed by atoms with Crippen molar-refractivity contribution in [3.8, 4) is 5.75 Å². The molecule has 3 aromatic carbocycles.